The van der Waals surface area contributed by atoms with Crippen LogP contribution in [0.3, 0.4) is 0 Å². The van der Waals surface area contributed by atoms with Crippen LogP contribution in [0.1, 0.15) is 44.7 Å². The minimum Gasteiger partial charge on any atom is -0.487 e. The van der Waals surface area contributed by atoms with Crippen molar-refractivity contribution in [2.24, 2.45) is 0 Å². The lowest BCUT2D eigenvalue weighted by atomic mass is 9.83. The summed E-state index contributed by atoms with van der Waals surface area (Å²) >= 11 is 0. The predicted octanol–water partition coefficient (Wildman–Crippen LogP) is 4.99. The van der Waals surface area contributed by atoms with E-state index in [4.69, 9.17) is 14.2 Å². The van der Waals surface area contributed by atoms with Crippen molar-refractivity contribution >= 4 is 21.6 Å². The molecule has 0 bridgehead atoms. The van der Waals surface area contributed by atoms with Gasteiger partial charge in [-0.25, -0.2) is 12.8 Å². The fourth-order valence-electron chi connectivity index (χ4n) is 5.03. The van der Waals surface area contributed by atoms with E-state index in [1.54, 1.807) is 0 Å². The molecule has 0 aromatic heterocycles. The SMILES string of the molecule is CCC1(CC)CC(NC(=O)CN(c2ccc(F)cc2)S(=O)(=O)c2ccc3c(c2)OCCO3)c2ccccc2O1. The lowest BCUT2D eigenvalue weighted by molar-refractivity contribution is -0.121. The molecule has 39 heavy (non-hydrogen) atoms. The Balaban J connectivity index is 1.45. The number of hydrogen-bond acceptors (Lipinski definition) is 6. The summed E-state index contributed by atoms with van der Waals surface area (Å²) in [5, 5.41) is 3.04. The number of carbonyl (C=O) groups is 1. The molecule has 2 aliphatic heterocycles. The van der Waals surface area contributed by atoms with E-state index in [0.717, 1.165) is 34.8 Å². The number of sulfonamides is 1. The molecule has 3 aromatic rings. The van der Waals surface area contributed by atoms with Crippen molar-refractivity contribution in [3.05, 3.63) is 78.1 Å². The molecule has 0 saturated heterocycles. The van der Waals surface area contributed by atoms with Crippen LogP contribution < -0.4 is 23.8 Å². The number of carbonyl (C=O) groups excluding carboxylic acids is 1. The molecule has 0 spiro atoms. The first-order valence-corrected chi connectivity index (χ1v) is 14.4. The van der Waals surface area contributed by atoms with Crippen molar-refractivity contribution in [1.82, 2.24) is 5.32 Å². The summed E-state index contributed by atoms with van der Waals surface area (Å²) in [5.41, 5.74) is 0.553. The zero-order chi connectivity index (χ0) is 27.6. The highest BCUT2D eigenvalue weighted by molar-refractivity contribution is 7.92. The molecule has 0 fully saturated rings. The van der Waals surface area contributed by atoms with Crippen molar-refractivity contribution in [1.29, 1.82) is 0 Å². The van der Waals surface area contributed by atoms with E-state index in [-0.39, 0.29) is 16.6 Å². The first-order valence-electron chi connectivity index (χ1n) is 13.0. The van der Waals surface area contributed by atoms with E-state index in [0.29, 0.717) is 36.9 Å². The lowest BCUT2D eigenvalue weighted by Crippen LogP contribution is -2.47. The Morgan fingerprint density at radius 1 is 0.974 bits per heavy atom. The average Bonchev–Trinajstić information content (AvgIpc) is 2.96. The highest BCUT2D eigenvalue weighted by Gasteiger charge is 2.39. The number of rotatable bonds is 8. The number of ether oxygens (including phenoxy) is 3. The molecule has 8 nitrogen and oxygen atoms in total. The maximum atomic E-state index is 13.9. The maximum Gasteiger partial charge on any atom is 0.264 e. The van der Waals surface area contributed by atoms with Gasteiger partial charge in [-0.15, -0.1) is 0 Å². The summed E-state index contributed by atoms with van der Waals surface area (Å²) in [5.74, 6) is 0.439. The normalized spacial score (nSPS) is 17.5. The summed E-state index contributed by atoms with van der Waals surface area (Å²) in [6, 6.07) is 16.5. The summed E-state index contributed by atoms with van der Waals surface area (Å²) in [7, 11) is -4.24. The average molecular weight is 555 g/mol. The van der Waals surface area contributed by atoms with Crippen LogP contribution in [0.2, 0.25) is 0 Å². The fourth-order valence-corrected chi connectivity index (χ4v) is 6.47. The van der Waals surface area contributed by atoms with Gasteiger partial charge in [0.1, 0.15) is 36.9 Å². The second-order valence-electron chi connectivity index (χ2n) is 9.65. The monoisotopic (exact) mass is 554 g/mol. The smallest absolute Gasteiger partial charge is 0.264 e. The van der Waals surface area contributed by atoms with Crippen LogP contribution in [0.5, 0.6) is 17.2 Å². The number of fused-ring (bicyclic) bond motifs is 2. The number of nitrogens with zero attached hydrogens (tertiary/aromatic N) is 1. The van der Waals surface area contributed by atoms with E-state index >= 15 is 0 Å². The number of anilines is 1. The lowest BCUT2D eigenvalue weighted by Gasteiger charge is -2.41. The van der Waals surface area contributed by atoms with Crippen LogP contribution in [0.4, 0.5) is 10.1 Å². The van der Waals surface area contributed by atoms with E-state index in [2.05, 4.69) is 5.32 Å². The van der Waals surface area contributed by atoms with E-state index < -0.39 is 33.9 Å². The first kappa shape index (κ1) is 26.8. The molecule has 1 amide bonds. The van der Waals surface area contributed by atoms with Gasteiger partial charge in [-0.2, -0.15) is 0 Å². The van der Waals surface area contributed by atoms with Crippen molar-refractivity contribution in [2.75, 3.05) is 24.1 Å². The number of hydrogen-bond donors (Lipinski definition) is 1. The highest BCUT2D eigenvalue weighted by Crippen LogP contribution is 2.42. The summed E-state index contributed by atoms with van der Waals surface area (Å²) in [6.45, 7) is 4.25. The third-order valence-corrected chi connectivity index (χ3v) is 9.09. The van der Waals surface area contributed by atoms with Gasteiger partial charge in [0.05, 0.1) is 16.6 Å². The number of para-hydroxylation sites is 1. The van der Waals surface area contributed by atoms with Gasteiger partial charge >= 0.3 is 0 Å². The third kappa shape index (κ3) is 5.38. The van der Waals surface area contributed by atoms with Gasteiger partial charge < -0.3 is 19.5 Å². The topological polar surface area (TPSA) is 94.2 Å². The molecular formula is C29H31FN2O6S. The molecule has 2 aliphatic rings. The molecule has 0 saturated carbocycles. The van der Waals surface area contributed by atoms with Gasteiger partial charge in [0.15, 0.2) is 11.5 Å². The summed E-state index contributed by atoms with van der Waals surface area (Å²) in [6.07, 6.45) is 2.06. The summed E-state index contributed by atoms with van der Waals surface area (Å²) in [4.78, 5) is 13.4. The molecule has 0 aliphatic carbocycles. The number of halogens is 1. The molecule has 0 radical (unpaired) electrons. The highest BCUT2D eigenvalue weighted by atomic mass is 32.2. The Hall–Kier alpha value is -3.79. The Labute approximate surface area is 227 Å². The van der Waals surface area contributed by atoms with Crippen LogP contribution in [-0.2, 0) is 14.8 Å². The van der Waals surface area contributed by atoms with Gasteiger partial charge in [0.2, 0.25) is 5.91 Å². The van der Waals surface area contributed by atoms with Crippen LogP contribution in [-0.4, -0.2) is 39.7 Å². The molecule has 1 unspecified atom stereocenters. The molecule has 206 valence electrons. The molecule has 1 N–H and O–H groups in total. The first-order chi connectivity index (χ1) is 18.7. The van der Waals surface area contributed by atoms with Crippen LogP contribution in [0.15, 0.2) is 71.6 Å². The Morgan fingerprint density at radius 3 is 2.38 bits per heavy atom. The number of amides is 1. The van der Waals surface area contributed by atoms with Gasteiger partial charge in [-0.05, 0) is 55.3 Å². The second kappa shape index (κ2) is 10.8. The van der Waals surface area contributed by atoms with Crippen molar-refractivity contribution in [2.45, 2.75) is 49.6 Å². The molecule has 1 atom stereocenters. The van der Waals surface area contributed by atoms with E-state index in [9.17, 15) is 17.6 Å². The summed E-state index contributed by atoms with van der Waals surface area (Å²) < 4.78 is 59.8. The van der Waals surface area contributed by atoms with Gasteiger partial charge in [-0.3, -0.25) is 9.10 Å². The third-order valence-electron chi connectivity index (χ3n) is 7.32. The molecule has 10 heteroatoms. The molecule has 5 rings (SSSR count). The molecular weight excluding hydrogens is 523 g/mol. The Morgan fingerprint density at radius 2 is 1.67 bits per heavy atom. The molecule has 3 aromatic carbocycles. The zero-order valence-corrected chi connectivity index (χ0v) is 22.7. The van der Waals surface area contributed by atoms with Crippen LogP contribution in [0, 0.1) is 5.82 Å². The van der Waals surface area contributed by atoms with Crippen molar-refractivity contribution in [3.8, 4) is 17.2 Å². The van der Waals surface area contributed by atoms with E-state index in [1.807, 2.05) is 38.1 Å². The fraction of sp³-hybridized carbons (Fsp3) is 0.345. The largest absolute Gasteiger partial charge is 0.487 e. The van der Waals surface area contributed by atoms with Gasteiger partial charge in [0.25, 0.3) is 10.0 Å². The van der Waals surface area contributed by atoms with Crippen molar-refractivity contribution in [3.63, 3.8) is 0 Å². The predicted molar refractivity (Wildman–Crippen MR) is 144 cm³/mol. The minimum absolute atomic E-state index is 0.0729. The molecule has 2 heterocycles. The Kier molecular flexibility index (Phi) is 7.40. The Bertz CT molecular complexity index is 1460. The maximum absolute atomic E-state index is 13.9. The van der Waals surface area contributed by atoms with Crippen LogP contribution >= 0.6 is 0 Å². The van der Waals surface area contributed by atoms with Gasteiger partial charge in [0, 0.05) is 18.1 Å². The van der Waals surface area contributed by atoms with Crippen molar-refractivity contribution < 1.29 is 31.8 Å². The quantitative estimate of drug-likeness (QED) is 0.422. The van der Waals surface area contributed by atoms with E-state index in [1.165, 1.54) is 30.3 Å². The van der Waals surface area contributed by atoms with Gasteiger partial charge in [-0.1, -0.05) is 32.0 Å². The minimum atomic E-state index is -4.24. The zero-order valence-electron chi connectivity index (χ0n) is 21.9. The standard InChI is InChI=1S/C29H31FN2O6S/c1-3-29(4-2)18-24(23-7-5-6-8-25(23)38-29)31-28(33)19-32(21-11-9-20(30)10-12-21)39(34,35)22-13-14-26-27(17-22)37-16-15-36-26/h5-14,17,24H,3-4,15-16,18-19H2,1-2H3,(H,31,33). The second-order valence-corrected chi connectivity index (χ2v) is 11.5. The number of benzene rings is 3. The number of nitrogens with one attached hydrogen (secondary N) is 1. The van der Waals surface area contributed by atoms with Crippen LogP contribution in [0.25, 0.3) is 0 Å².